The Morgan fingerprint density at radius 3 is 2.81 bits per heavy atom. The van der Waals surface area contributed by atoms with Crippen LogP contribution in [0.1, 0.15) is 10.5 Å². The highest BCUT2D eigenvalue weighted by Gasteiger charge is 2.53. The van der Waals surface area contributed by atoms with Crippen molar-refractivity contribution < 1.29 is 4.79 Å². The van der Waals surface area contributed by atoms with Gasteiger partial charge in [-0.15, -0.1) is 12.4 Å². The van der Waals surface area contributed by atoms with E-state index in [9.17, 15) is 4.79 Å². The first-order valence-electron chi connectivity index (χ1n) is 5.27. The van der Waals surface area contributed by atoms with Crippen LogP contribution >= 0.6 is 12.4 Å². The van der Waals surface area contributed by atoms with Crippen molar-refractivity contribution in [1.29, 1.82) is 0 Å². The molecule has 6 heteroatoms. The van der Waals surface area contributed by atoms with Gasteiger partial charge in [0.25, 0.3) is 5.91 Å². The number of hydrogen-bond donors (Lipinski definition) is 2. The van der Waals surface area contributed by atoms with Crippen molar-refractivity contribution >= 4 is 18.3 Å². The van der Waals surface area contributed by atoms with E-state index >= 15 is 0 Å². The summed E-state index contributed by atoms with van der Waals surface area (Å²) < 4.78 is 1.60. The second-order valence-electron chi connectivity index (χ2n) is 4.33. The fourth-order valence-electron chi connectivity index (χ4n) is 2.45. The summed E-state index contributed by atoms with van der Waals surface area (Å²) in [6, 6.07) is 2.12. The Kier molecular flexibility index (Phi) is 2.90. The second kappa shape index (κ2) is 4.07. The number of piperidine rings is 1. The predicted molar refractivity (Wildman–Crippen MR) is 61.6 cm³/mol. The molecule has 3 rings (SSSR count). The minimum atomic E-state index is -0.00519. The molecule has 1 saturated carbocycles. The number of carbonyl (C=O) groups excluding carboxylic acids is 1. The van der Waals surface area contributed by atoms with Gasteiger partial charge < -0.3 is 10.6 Å². The molecule has 1 aliphatic carbocycles. The predicted octanol–water partition coefficient (Wildman–Crippen LogP) is -0.211. The van der Waals surface area contributed by atoms with Crippen LogP contribution < -0.4 is 10.6 Å². The third-order valence-corrected chi connectivity index (χ3v) is 3.44. The Hall–Kier alpha value is -1.07. The molecule has 0 bridgehead atoms. The number of halogens is 1. The molecule has 0 spiro atoms. The van der Waals surface area contributed by atoms with E-state index in [1.165, 1.54) is 0 Å². The lowest BCUT2D eigenvalue weighted by Gasteiger charge is -2.07. The lowest BCUT2D eigenvalue weighted by Crippen LogP contribution is -2.33. The van der Waals surface area contributed by atoms with Gasteiger partial charge in [0, 0.05) is 32.4 Å². The third-order valence-electron chi connectivity index (χ3n) is 3.44. The van der Waals surface area contributed by atoms with Crippen LogP contribution in [0.15, 0.2) is 12.3 Å². The first kappa shape index (κ1) is 11.4. The molecule has 1 aliphatic heterocycles. The number of nitrogens with zero attached hydrogens (tertiary/aromatic N) is 2. The summed E-state index contributed by atoms with van der Waals surface area (Å²) in [7, 11) is 1.78. The van der Waals surface area contributed by atoms with E-state index in [-0.39, 0.29) is 18.3 Å². The summed E-state index contributed by atoms with van der Waals surface area (Å²) >= 11 is 0. The minimum Gasteiger partial charge on any atom is -0.347 e. The molecule has 88 valence electrons. The molecule has 0 radical (unpaired) electrons. The minimum absolute atomic E-state index is 0. The summed E-state index contributed by atoms with van der Waals surface area (Å²) in [6.07, 6.45) is 1.64. The van der Waals surface area contributed by atoms with Crippen LogP contribution in [0.4, 0.5) is 0 Å². The molecule has 2 aliphatic rings. The molecule has 16 heavy (non-hydrogen) atoms. The monoisotopic (exact) mass is 242 g/mol. The van der Waals surface area contributed by atoms with E-state index in [1.54, 1.807) is 24.0 Å². The number of rotatable bonds is 2. The fraction of sp³-hybridized carbons (Fsp3) is 0.600. The molecule has 2 N–H and O–H groups in total. The highest BCUT2D eigenvalue weighted by molar-refractivity contribution is 5.92. The molecule has 5 nitrogen and oxygen atoms in total. The van der Waals surface area contributed by atoms with E-state index in [1.807, 2.05) is 0 Å². The number of hydrogen-bond acceptors (Lipinski definition) is 3. The molecule has 1 saturated heterocycles. The van der Waals surface area contributed by atoms with Gasteiger partial charge >= 0.3 is 0 Å². The SMILES string of the molecule is Cl.Cn1nccc1C(=O)NC1C2CNCC21. The molecule has 1 amide bonds. The van der Waals surface area contributed by atoms with Gasteiger partial charge in [0.2, 0.25) is 0 Å². The van der Waals surface area contributed by atoms with Crippen molar-refractivity contribution in [3.63, 3.8) is 0 Å². The topological polar surface area (TPSA) is 59.0 Å². The van der Waals surface area contributed by atoms with Gasteiger partial charge in [-0.2, -0.15) is 5.10 Å². The maximum Gasteiger partial charge on any atom is 0.269 e. The number of carbonyl (C=O) groups is 1. The molecule has 1 aromatic heterocycles. The summed E-state index contributed by atoms with van der Waals surface area (Å²) in [5.74, 6) is 1.30. The highest BCUT2D eigenvalue weighted by Crippen LogP contribution is 2.41. The van der Waals surface area contributed by atoms with Gasteiger partial charge in [0.05, 0.1) is 0 Å². The summed E-state index contributed by atoms with van der Waals surface area (Å²) in [6.45, 7) is 2.09. The Morgan fingerprint density at radius 2 is 2.25 bits per heavy atom. The normalized spacial score (nSPS) is 30.4. The van der Waals surface area contributed by atoms with Crippen molar-refractivity contribution in [3.8, 4) is 0 Å². The molecule has 2 heterocycles. The van der Waals surface area contributed by atoms with Crippen molar-refractivity contribution in [3.05, 3.63) is 18.0 Å². The van der Waals surface area contributed by atoms with Gasteiger partial charge in [-0.25, -0.2) is 0 Å². The van der Waals surface area contributed by atoms with Crippen molar-refractivity contribution in [1.82, 2.24) is 20.4 Å². The number of aryl methyl sites for hydroxylation is 1. The van der Waals surface area contributed by atoms with E-state index in [0.717, 1.165) is 13.1 Å². The molecular formula is C10H15ClN4O. The van der Waals surface area contributed by atoms with Crippen LogP contribution in [-0.4, -0.2) is 34.8 Å². The van der Waals surface area contributed by atoms with Crippen LogP contribution in [0, 0.1) is 11.8 Å². The lowest BCUT2D eigenvalue weighted by molar-refractivity contribution is 0.0937. The number of aromatic nitrogens is 2. The summed E-state index contributed by atoms with van der Waals surface area (Å²) in [5.41, 5.74) is 0.632. The van der Waals surface area contributed by atoms with Crippen LogP contribution in [0.3, 0.4) is 0 Å². The average molecular weight is 243 g/mol. The van der Waals surface area contributed by atoms with Gasteiger partial charge in [-0.05, 0) is 17.9 Å². The Bertz CT molecular complexity index is 395. The van der Waals surface area contributed by atoms with Crippen molar-refractivity contribution in [2.24, 2.45) is 18.9 Å². The van der Waals surface area contributed by atoms with E-state index in [0.29, 0.717) is 23.6 Å². The molecule has 2 atom stereocenters. The van der Waals surface area contributed by atoms with Crippen LogP contribution in [0.2, 0.25) is 0 Å². The number of fused-ring (bicyclic) bond motifs is 1. The standard InChI is InChI=1S/C10H14N4O.ClH/c1-14-8(2-3-12-14)10(15)13-9-6-4-11-5-7(6)9;/h2-3,6-7,9,11H,4-5H2,1H3,(H,13,15);1H. The van der Waals surface area contributed by atoms with Gasteiger partial charge in [0.1, 0.15) is 5.69 Å². The molecule has 1 aromatic rings. The van der Waals surface area contributed by atoms with Crippen LogP contribution in [0.5, 0.6) is 0 Å². The molecule has 2 fully saturated rings. The third kappa shape index (κ3) is 1.70. The van der Waals surface area contributed by atoms with E-state index in [2.05, 4.69) is 15.7 Å². The molecule has 2 unspecified atom stereocenters. The zero-order valence-corrected chi connectivity index (χ0v) is 9.83. The Balaban J connectivity index is 0.000000963. The van der Waals surface area contributed by atoms with Crippen molar-refractivity contribution in [2.75, 3.05) is 13.1 Å². The molecular weight excluding hydrogens is 228 g/mol. The summed E-state index contributed by atoms with van der Waals surface area (Å²) in [4.78, 5) is 11.8. The average Bonchev–Trinajstić information content (AvgIpc) is 2.66. The number of nitrogens with one attached hydrogen (secondary N) is 2. The maximum absolute atomic E-state index is 11.8. The highest BCUT2D eigenvalue weighted by atomic mass is 35.5. The first-order chi connectivity index (χ1) is 7.27. The summed E-state index contributed by atoms with van der Waals surface area (Å²) in [5, 5.41) is 10.3. The Morgan fingerprint density at radius 1 is 1.56 bits per heavy atom. The van der Waals surface area contributed by atoms with Crippen molar-refractivity contribution in [2.45, 2.75) is 6.04 Å². The zero-order valence-electron chi connectivity index (χ0n) is 9.01. The van der Waals surface area contributed by atoms with E-state index in [4.69, 9.17) is 0 Å². The van der Waals surface area contributed by atoms with E-state index < -0.39 is 0 Å². The fourth-order valence-corrected chi connectivity index (χ4v) is 2.45. The van der Waals surface area contributed by atoms with Gasteiger partial charge in [-0.1, -0.05) is 0 Å². The quantitative estimate of drug-likeness (QED) is 0.755. The second-order valence-corrected chi connectivity index (χ2v) is 4.33. The number of amides is 1. The lowest BCUT2D eigenvalue weighted by atomic mass is 10.3. The largest absolute Gasteiger partial charge is 0.347 e. The van der Waals surface area contributed by atoms with Crippen LogP contribution in [-0.2, 0) is 7.05 Å². The Labute approximate surface area is 100.0 Å². The molecule has 0 aromatic carbocycles. The van der Waals surface area contributed by atoms with Gasteiger partial charge in [0.15, 0.2) is 0 Å². The first-order valence-corrected chi connectivity index (χ1v) is 5.27. The smallest absolute Gasteiger partial charge is 0.269 e. The maximum atomic E-state index is 11.8. The van der Waals surface area contributed by atoms with Crippen LogP contribution in [0.25, 0.3) is 0 Å². The zero-order chi connectivity index (χ0) is 10.4. The van der Waals surface area contributed by atoms with Gasteiger partial charge in [-0.3, -0.25) is 9.48 Å².